The van der Waals surface area contributed by atoms with Crippen molar-refractivity contribution in [2.24, 2.45) is 28.6 Å². The van der Waals surface area contributed by atoms with Crippen LogP contribution in [0.2, 0.25) is 0 Å². The number of thioether (sulfide) groups is 1. The number of hydrogen-bond acceptors (Lipinski definition) is 9. The van der Waals surface area contributed by atoms with E-state index in [0.29, 0.717) is 31.4 Å². The molecule has 0 bridgehead atoms. The van der Waals surface area contributed by atoms with Gasteiger partial charge in [0.15, 0.2) is 17.7 Å². The molecule has 0 amide bonds. The Hall–Kier alpha value is -3.82. The summed E-state index contributed by atoms with van der Waals surface area (Å²) in [5.74, 6) is -2.91. The smallest absolute Gasteiger partial charge is 0.361 e. The SMILES string of the molecule is C[C@@H]1C[C@H]2[C@@H]3CCC4=Cc5c(cnn5-c5ccc(F)cc5)C[C@]4(C)[C@@]3(F)[C@@H](O)C[C@]2(C)[C@@]1(OC(=O)c1cocn1)C(=O)SCC#N. The first-order valence-electron chi connectivity index (χ1n) is 15.5. The molecule has 2 heterocycles. The van der Waals surface area contributed by atoms with Crippen LogP contribution < -0.4 is 0 Å². The minimum Gasteiger partial charge on any atom is -0.451 e. The zero-order chi connectivity index (χ0) is 32.6. The van der Waals surface area contributed by atoms with Crippen molar-refractivity contribution >= 4 is 28.9 Å². The first-order valence-corrected chi connectivity index (χ1v) is 16.5. The highest BCUT2D eigenvalue weighted by Gasteiger charge is 2.77. The van der Waals surface area contributed by atoms with E-state index >= 15 is 4.39 Å². The number of halogens is 2. The second-order valence-electron chi connectivity index (χ2n) is 13.6. The molecule has 0 aliphatic heterocycles. The number of benzene rings is 1. The third kappa shape index (κ3) is 4.00. The number of nitriles is 1. The highest BCUT2D eigenvalue weighted by atomic mass is 32.2. The average Bonchev–Trinajstić information content (AvgIpc) is 3.75. The van der Waals surface area contributed by atoms with Crippen LogP contribution >= 0.6 is 11.8 Å². The number of aromatic nitrogens is 3. The topological polar surface area (TPSA) is 131 Å². The van der Waals surface area contributed by atoms with Crippen LogP contribution in [0.3, 0.4) is 0 Å². The van der Waals surface area contributed by atoms with Crippen molar-refractivity contribution in [1.82, 2.24) is 14.8 Å². The van der Waals surface area contributed by atoms with Crippen molar-refractivity contribution in [2.45, 2.75) is 70.2 Å². The lowest BCUT2D eigenvalue weighted by Gasteiger charge is -2.63. The molecule has 3 aromatic rings. The number of alkyl halides is 1. The summed E-state index contributed by atoms with van der Waals surface area (Å²) in [5, 5.41) is 25.4. The second-order valence-corrected chi connectivity index (χ2v) is 14.6. The number of fused-ring (bicyclic) bond motifs is 6. The number of aliphatic hydroxyl groups excluding tert-OH is 1. The Morgan fingerprint density at radius 1 is 1.26 bits per heavy atom. The van der Waals surface area contributed by atoms with Crippen LogP contribution in [0.1, 0.15) is 68.2 Å². The summed E-state index contributed by atoms with van der Waals surface area (Å²) in [5.41, 5.74) is -2.88. The summed E-state index contributed by atoms with van der Waals surface area (Å²) in [4.78, 5) is 31.4. The van der Waals surface area contributed by atoms with Crippen LogP contribution in [-0.4, -0.2) is 54.1 Å². The molecule has 1 aromatic carbocycles. The van der Waals surface area contributed by atoms with E-state index in [0.717, 1.165) is 41.2 Å². The van der Waals surface area contributed by atoms with Gasteiger partial charge in [-0.05, 0) is 73.9 Å². The Morgan fingerprint density at radius 3 is 2.72 bits per heavy atom. The number of carbonyl (C=O) groups excluding carboxylic acids is 2. The van der Waals surface area contributed by atoms with Gasteiger partial charge in [0, 0.05) is 22.7 Å². The monoisotopic (exact) mass is 648 g/mol. The van der Waals surface area contributed by atoms with Crippen molar-refractivity contribution < 1.29 is 32.6 Å². The highest BCUT2D eigenvalue weighted by molar-refractivity contribution is 8.14. The van der Waals surface area contributed by atoms with Crippen LogP contribution in [0.15, 0.2) is 53.1 Å². The lowest BCUT2D eigenvalue weighted by Crippen LogP contribution is -2.70. The van der Waals surface area contributed by atoms with Gasteiger partial charge in [0.25, 0.3) is 0 Å². The van der Waals surface area contributed by atoms with Crippen molar-refractivity contribution in [1.29, 1.82) is 5.26 Å². The van der Waals surface area contributed by atoms with E-state index in [1.807, 2.05) is 32.9 Å². The Kier molecular flexibility index (Phi) is 7.10. The number of ether oxygens (including phenoxy) is 1. The number of oxazole rings is 1. The van der Waals surface area contributed by atoms with E-state index in [-0.39, 0.29) is 23.7 Å². The van der Waals surface area contributed by atoms with E-state index in [4.69, 9.17) is 9.15 Å². The Balaban J connectivity index is 1.28. The van der Waals surface area contributed by atoms with Crippen LogP contribution in [-0.2, 0) is 16.0 Å². The lowest BCUT2D eigenvalue weighted by molar-refractivity contribution is -0.224. The summed E-state index contributed by atoms with van der Waals surface area (Å²) in [6.07, 6.45) is 6.00. The average molecular weight is 649 g/mol. The Labute approximate surface area is 269 Å². The first-order chi connectivity index (χ1) is 21.9. The Bertz CT molecular complexity index is 1790. The fourth-order valence-electron chi connectivity index (χ4n) is 9.57. The van der Waals surface area contributed by atoms with Crippen LogP contribution in [0.5, 0.6) is 0 Å². The van der Waals surface area contributed by atoms with E-state index in [9.17, 15) is 24.3 Å². The molecule has 0 saturated heterocycles. The maximum atomic E-state index is 18.3. The molecule has 2 aromatic heterocycles. The molecular formula is C34H34F2N4O5S. The molecule has 3 fully saturated rings. The predicted molar refractivity (Wildman–Crippen MR) is 164 cm³/mol. The van der Waals surface area contributed by atoms with E-state index in [1.54, 1.807) is 23.0 Å². The summed E-state index contributed by atoms with van der Waals surface area (Å²) in [6, 6.07) is 8.01. The quantitative estimate of drug-likeness (QED) is 0.338. The number of aliphatic hydroxyl groups is 1. The number of allylic oxidation sites excluding steroid dienone is 1. The lowest BCUT2D eigenvalue weighted by atomic mass is 9.44. The van der Waals surface area contributed by atoms with E-state index in [2.05, 4.69) is 10.1 Å². The van der Waals surface area contributed by atoms with Gasteiger partial charge in [0.1, 0.15) is 17.7 Å². The third-order valence-electron chi connectivity index (χ3n) is 11.7. The van der Waals surface area contributed by atoms with Gasteiger partial charge < -0.3 is 14.3 Å². The predicted octanol–water partition coefficient (Wildman–Crippen LogP) is 5.87. The van der Waals surface area contributed by atoms with Gasteiger partial charge in [-0.2, -0.15) is 10.4 Å². The molecule has 0 unspecified atom stereocenters. The fraction of sp³-hybridized carbons (Fsp3) is 0.500. The molecule has 9 nitrogen and oxygen atoms in total. The minimum absolute atomic E-state index is 0.105. The zero-order valence-corrected chi connectivity index (χ0v) is 26.5. The van der Waals surface area contributed by atoms with Gasteiger partial charge in [-0.25, -0.2) is 23.2 Å². The maximum absolute atomic E-state index is 18.3. The molecule has 240 valence electrons. The molecular weight excluding hydrogens is 614 g/mol. The first kappa shape index (κ1) is 30.8. The van der Waals surface area contributed by atoms with Gasteiger partial charge >= 0.3 is 5.97 Å². The normalized spacial score (nSPS) is 36.0. The van der Waals surface area contributed by atoms with Crippen molar-refractivity contribution in [3.63, 3.8) is 0 Å². The largest absolute Gasteiger partial charge is 0.451 e. The van der Waals surface area contributed by atoms with Crippen LogP contribution in [0, 0.1) is 45.7 Å². The second kappa shape index (κ2) is 10.6. The summed E-state index contributed by atoms with van der Waals surface area (Å²) in [6.45, 7) is 5.52. The molecule has 0 spiro atoms. The molecule has 46 heavy (non-hydrogen) atoms. The standard InChI is InChI=1S/C34H34F2N4O5S/c1-19-12-25-24-9-4-21-13-27-20(16-39-40(27)23-7-5-22(35)6-8-23)14-31(21,2)33(24,36)28(41)15-32(25,3)34(19,30(43)46-11-10-37)45-29(42)26-17-44-18-38-26/h5-8,13,16-19,24-25,28,41H,4,9,11-12,14-15H2,1-3H3/t19-,24+,25+,28+,31+,32+,33+,34+/m1/s1. The van der Waals surface area contributed by atoms with Crippen molar-refractivity contribution in [2.75, 3.05) is 5.75 Å². The minimum atomic E-state index is -2.05. The number of rotatable bonds is 5. The highest BCUT2D eigenvalue weighted by Crippen LogP contribution is 2.72. The summed E-state index contributed by atoms with van der Waals surface area (Å²) >= 11 is 0.775. The number of nitrogens with zero attached hydrogens (tertiary/aromatic N) is 4. The fourth-order valence-corrected chi connectivity index (χ4v) is 10.5. The molecule has 12 heteroatoms. The van der Waals surface area contributed by atoms with Crippen LogP contribution in [0.4, 0.5) is 8.78 Å². The molecule has 0 radical (unpaired) electrons. The van der Waals surface area contributed by atoms with E-state index in [1.165, 1.54) is 12.1 Å². The Morgan fingerprint density at radius 2 is 2.02 bits per heavy atom. The summed E-state index contributed by atoms with van der Waals surface area (Å²) in [7, 11) is 0. The number of esters is 1. The molecule has 4 aliphatic carbocycles. The third-order valence-corrected chi connectivity index (χ3v) is 12.5. The van der Waals surface area contributed by atoms with Gasteiger partial charge in [0.05, 0.1) is 35.5 Å². The maximum Gasteiger partial charge on any atom is 0.361 e. The molecule has 4 aliphatic rings. The number of hydrogen-bond donors (Lipinski definition) is 1. The van der Waals surface area contributed by atoms with Crippen molar-refractivity contribution in [3.8, 4) is 11.8 Å². The van der Waals surface area contributed by atoms with Crippen LogP contribution in [0.25, 0.3) is 11.8 Å². The summed E-state index contributed by atoms with van der Waals surface area (Å²) < 4.78 is 44.7. The van der Waals surface area contributed by atoms with Gasteiger partial charge in [-0.1, -0.05) is 38.1 Å². The molecule has 8 atom stereocenters. The zero-order valence-electron chi connectivity index (χ0n) is 25.7. The van der Waals surface area contributed by atoms with Gasteiger partial charge in [-0.15, -0.1) is 0 Å². The molecule has 7 rings (SSSR count). The molecule has 3 saturated carbocycles. The number of carbonyl (C=O) groups is 2. The van der Waals surface area contributed by atoms with Gasteiger partial charge in [0.2, 0.25) is 5.12 Å². The molecule has 1 N–H and O–H groups in total. The van der Waals surface area contributed by atoms with E-state index < -0.39 is 57.0 Å². The van der Waals surface area contributed by atoms with Crippen molar-refractivity contribution in [3.05, 3.63) is 71.5 Å². The van der Waals surface area contributed by atoms with Gasteiger partial charge in [-0.3, -0.25) is 4.79 Å².